The van der Waals surface area contributed by atoms with Crippen molar-refractivity contribution in [3.63, 3.8) is 0 Å². The minimum atomic E-state index is 0. The summed E-state index contributed by atoms with van der Waals surface area (Å²) in [6.07, 6.45) is 1.99. The van der Waals surface area contributed by atoms with Crippen molar-refractivity contribution in [3.8, 4) is 5.69 Å². The number of para-hydroxylation sites is 3. The van der Waals surface area contributed by atoms with Gasteiger partial charge in [0.2, 0.25) is 5.91 Å². The van der Waals surface area contributed by atoms with Crippen LogP contribution in [0.25, 0.3) is 16.7 Å². The van der Waals surface area contributed by atoms with Gasteiger partial charge in [-0.25, -0.2) is 4.98 Å². The summed E-state index contributed by atoms with van der Waals surface area (Å²) in [7, 11) is 1.91. The van der Waals surface area contributed by atoms with Crippen LogP contribution in [0.1, 0.15) is 18.7 Å². The molecule has 0 bridgehead atoms. The zero-order chi connectivity index (χ0) is 17.5. The van der Waals surface area contributed by atoms with E-state index in [-0.39, 0.29) is 18.3 Å². The van der Waals surface area contributed by atoms with Crippen LogP contribution < -0.4 is 10.6 Å². The molecule has 0 radical (unpaired) electrons. The van der Waals surface area contributed by atoms with E-state index >= 15 is 0 Å². The Hall–Kier alpha value is -2.37. The Morgan fingerprint density at radius 1 is 1.04 bits per heavy atom. The molecule has 138 valence electrons. The molecule has 2 N–H and O–H groups in total. The lowest BCUT2D eigenvalue weighted by Gasteiger charge is -2.09. The van der Waals surface area contributed by atoms with Gasteiger partial charge in [0.05, 0.1) is 11.0 Å². The molecule has 1 heterocycles. The maximum Gasteiger partial charge on any atom is 0.220 e. The molecule has 0 saturated carbocycles. The Labute approximate surface area is 160 Å². The van der Waals surface area contributed by atoms with Gasteiger partial charge in [-0.3, -0.25) is 9.36 Å². The third kappa shape index (κ3) is 4.84. The second-order valence-corrected chi connectivity index (χ2v) is 5.99. The van der Waals surface area contributed by atoms with Crippen LogP contribution in [0.2, 0.25) is 0 Å². The molecule has 0 fully saturated rings. The van der Waals surface area contributed by atoms with E-state index < -0.39 is 0 Å². The molecule has 1 aromatic heterocycles. The number of amides is 1. The summed E-state index contributed by atoms with van der Waals surface area (Å²) in [5, 5.41) is 6.04. The zero-order valence-electron chi connectivity index (χ0n) is 14.9. The summed E-state index contributed by atoms with van der Waals surface area (Å²) in [6, 6.07) is 18.2. The largest absolute Gasteiger partial charge is 0.356 e. The smallest absolute Gasteiger partial charge is 0.220 e. The monoisotopic (exact) mass is 372 g/mol. The molecule has 6 heteroatoms. The number of imidazole rings is 1. The van der Waals surface area contributed by atoms with E-state index in [4.69, 9.17) is 4.98 Å². The van der Waals surface area contributed by atoms with Gasteiger partial charge >= 0.3 is 0 Å². The molecule has 0 aliphatic rings. The van der Waals surface area contributed by atoms with Crippen LogP contribution >= 0.6 is 12.4 Å². The highest BCUT2D eigenvalue weighted by molar-refractivity contribution is 5.85. The number of hydrogen-bond donors (Lipinski definition) is 2. The summed E-state index contributed by atoms with van der Waals surface area (Å²) < 4.78 is 2.14. The molecule has 1 amide bonds. The Bertz CT molecular complexity index is 832. The first-order chi connectivity index (χ1) is 12.3. The molecule has 5 nitrogen and oxygen atoms in total. The molecular weight excluding hydrogens is 348 g/mol. The lowest BCUT2D eigenvalue weighted by atomic mass is 10.2. The third-order valence-electron chi connectivity index (χ3n) is 4.15. The summed E-state index contributed by atoms with van der Waals surface area (Å²) in [6.45, 7) is 1.61. The number of nitrogens with zero attached hydrogens (tertiary/aromatic N) is 2. The van der Waals surface area contributed by atoms with E-state index in [0.29, 0.717) is 19.4 Å². The highest BCUT2D eigenvalue weighted by Crippen LogP contribution is 2.22. The van der Waals surface area contributed by atoms with E-state index in [2.05, 4.69) is 33.4 Å². The number of hydrogen-bond acceptors (Lipinski definition) is 3. The number of nitrogens with one attached hydrogen (secondary N) is 2. The molecule has 0 spiro atoms. The maximum absolute atomic E-state index is 12.1. The predicted molar refractivity (Wildman–Crippen MR) is 108 cm³/mol. The highest BCUT2D eigenvalue weighted by Gasteiger charge is 2.13. The number of carbonyl (C=O) groups is 1. The van der Waals surface area contributed by atoms with Crippen LogP contribution in [0, 0.1) is 0 Å². The van der Waals surface area contributed by atoms with Crippen molar-refractivity contribution in [3.05, 3.63) is 60.4 Å². The number of halogens is 1. The summed E-state index contributed by atoms with van der Waals surface area (Å²) in [5.74, 6) is 0.987. The van der Waals surface area contributed by atoms with Crippen molar-refractivity contribution in [2.75, 3.05) is 20.1 Å². The van der Waals surface area contributed by atoms with Gasteiger partial charge in [-0.15, -0.1) is 12.4 Å². The number of benzene rings is 2. The first-order valence-electron chi connectivity index (χ1n) is 8.72. The van der Waals surface area contributed by atoms with Crippen molar-refractivity contribution in [1.29, 1.82) is 0 Å². The van der Waals surface area contributed by atoms with E-state index in [9.17, 15) is 4.79 Å². The number of fused-ring (bicyclic) bond motifs is 1. The molecule has 0 unspecified atom stereocenters. The van der Waals surface area contributed by atoms with Gasteiger partial charge in [0, 0.05) is 25.1 Å². The minimum Gasteiger partial charge on any atom is -0.356 e. The van der Waals surface area contributed by atoms with Crippen molar-refractivity contribution < 1.29 is 4.79 Å². The molecule has 0 atom stereocenters. The molecule has 0 aliphatic heterocycles. The van der Waals surface area contributed by atoms with Gasteiger partial charge in [-0.1, -0.05) is 30.3 Å². The van der Waals surface area contributed by atoms with Gasteiger partial charge in [0.1, 0.15) is 5.82 Å². The molecule has 3 aromatic rings. The molecule has 2 aromatic carbocycles. The Morgan fingerprint density at radius 2 is 1.77 bits per heavy atom. The number of rotatable bonds is 8. The van der Waals surface area contributed by atoms with Crippen molar-refractivity contribution >= 4 is 29.3 Å². The van der Waals surface area contributed by atoms with Gasteiger partial charge in [-0.2, -0.15) is 0 Å². The quantitative estimate of drug-likeness (QED) is 0.597. The molecule has 26 heavy (non-hydrogen) atoms. The minimum absolute atomic E-state index is 0. The SMILES string of the molecule is CNCCCNC(=O)CCc1nc2ccccc2n1-c1ccccc1.Cl. The Morgan fingerprint density at radius 3 is 2.54 bits per heavy atom. The van der Waals surface area contributed by atoms with Crippen molar-refractivity contribution in [2.24, 2.45) is 0 Å². The molecule has 0 saturated heterocycles. The second-order valence-electron chi connectivity index (χ2n) is 5.99. The summed E-state index contributed by atoms with van der Waals surface area (Å²) >= 11 is 0. The van der Waals surface area contributed by atoms with Crippen LogP contribution in [0.5, 0.6) is 0 Å². The first-order valence-corrected chi connectivity index (χ1v) is 8.72. The van der Waals surface area contributed by atoms with Crippen LogP contribution in [-0.4, -0.2) is 35.6 Å². The van der Waals surface area contributed by atoms with Crippen molar-refractivity contribution in [1.82, 2.24) is 20.2 Å². The Kier molecular flexibility index (Phi) is 7.63. The lowest BCUT2D eigenvalue weighted by Crippen LogP contribution is -2.27. The fourth-order valence-corrected chi connectivity index (χ4v) is 2.92. The van der Waals surface area contributed by atoms with Gasteiger partial charge in [-0.05, 0) is 44.3 Å². The average Bonchev–Trinajstić information content (AvgIpc) is 3.02. The first kappa shape index (κ1) is 19.9. The number of carbonyl (C=O) groups excluding carboxylic acids is 1. The topological polar surface area (TPSA) is 58.9 Å². The number of aromatic nitrogens is 2. The molecular formula is C20H25ClN4O. The predicted octanol–water partition coefficient (Wildman–Crippen LogP) is 3.11. The fourth-order valence-electron chi connectivity index (χ4n) is 2.92. The van der Waals surface area contributed by atoms with E-state index in [1.165, 1.54) is 0 Å². The van der Waals surface area contributed by atoms with Gasteiger partial charge in [0.25, 0.3) is 0 Å². The number of aryl methyl sites for hydroxylation is 1. The van der Waals surface area contributed by atoms with E-state index in [0.717, 1.165) is 35.5 Å². The third-order valence-corrected chi connectivity index (χ3v) is 4.15. The normalized spacial score (nSPS) is 10.5. The van der Waals surface area contributed by atoms with Crippen LogP contribution in [0.15, 0.2) is 54.6 Å². The fraction of sp³-hybridized carbons (Fsp3) is 0.300. The second kappa shape index (κ2) is 9.94. The van der Waals surface area contributed by atoms with Crippen LogP contribution in [0.4, 0.5) is 0 Å². The lowest BCUT2D eigenvalue weighted by molar-refractivity contribution is -0.121. The highest BCUT2D eigenvalue weighted by atomic mass is 35.5. The molecule has 3 rings (SSSR count). The van der Waals surface area contributed by atoms with E-state index in [1.54, 1.807) is 0 Å². The maximum atomic E-state index is 12.1. The average molecular weight is 373 g/mol. The summed E-state index contributed by atoms with van der Waals surface area (Å²) in [5.41, 5.74) is 3.09. The van der Waals surface area contributed by atoms with Crippen LogP contribution in [0.3, 0.4) is 0 Å². The van der Waals surface area contributed by atoms with Crippen LogP contribution in [-0.2, 0) is 11.2 Å². The zero-order valence-corrected chi connectivity index (χ0v) is 15.8. The van der Waals surface area contributed by atoms with Gasteiger partial charge in [0.15, 0.2) is 0 Å². The Balaban J connectivity index is 0.00000243. The standard InChI is InChI=1S/C20H24N4O.ClH/c1-21-14-7-15-22-20(25)13-12-19-23-17-10-5-6-11-18(17)24(19)16-8-3-2-4-9-16;/h2-6,8-11,21H,7,12-15H2,1H3,(H,22,25);1H. The van der Waals surface area contributed by atoms with Gasteiger partial charge < -0.3 is 10.6 Å². The molecule has 0 aliphatic carbocycles. The van der Waals surface area contributed by atoms with E-state index in [1.807, 2.05) is 43.4 Å². The summed E-state index contributed by atoms with van der Waals surface area (Å²) in [4.78, 5) is 16.8. The van der Waals surface area contributed by atoms with Crippen molar-refractivity contribution in [2.45, 2.75) is 19.3 Å².